The van der Waals surface area contributed by atoms with E-state index in [1.165, 1.54) is 11.1 Å². The Bertz CT molecular complexity index is 1220. The molecule has 1 amide bonds. The van der Waals surface area contributed by atoms with Crippen molar-refractivity contribution in [2.45, 2.75) is 30.7 Å². The fraction of sp³-hybridized carbons (Fsp3) is 0.167. The van der Waals surface area contributed by atoms with E-state index in [0.29, 0.717) is 11.5 Å². The van der Waals surface area contributed by atoms with Crippen LogP contribution in [0, 0.1) is 0 Å². The Labute approximate surface area is 195 Å². The van der Waals surface area contributed by atoms with Gasteiger partial charge in [-0.25, -0.2) is 0 Å². The quantitative estimate of drug-likeness (QED) is 0.354. The Kier molecular flexibility index (Phi) is 5.80. The maximum absolute atomic E-state index is 12.7. The van der Waals surface area contributed by atoms with Crippen LogP contribution in [0.2, 0.25) is 0 Å². The first kappa shape index (κ1) is 21.2. The number of aryl methyl sites for hydroxylation is 1. The molecule has 0 radical (unpaired) electrons. The zero-order chi connectivity index (χ0) is 22.7. The summed E-state index contributed by atoms with van der Waals surface area (Å²) in [6.45, 7) is 0. The fourth-order valence-electron chi connectivity index (χ4n) is 4.52. The van der Waals surface area contributed by atoms with Crippen LogP contribution >= 0.6 is 0 Å². The van der Waals surface area contributed by atoms with Crippen LogP contribution in [0.5, 0.6) is 0 Å². The van der Waals surface area contributed by atoms with E-state index in [-0.39, 0.29) is 11.4 Å². The molecule has 0 saturated heterocycles. The lowest BCUT2D eigenvalue weighted by Gasteiger charge is -2.12. The summed E-state index contributed by atoms with van der Waals surface area (Å²) in [5.41, 5.74) is 12.8. The van der Waals surface area contributed by atoms with Crippen molar-refractivity contribution < 1.29 is 4.79 Å². The second kappa shape index (κ2) is 9.05. The van der Waals surface area contributed by atoms with Crippen LogP contribution < -0.4 is 11.1 Å². The Morgan fingerprint density at radius 2 is 1.39 bits per heavy atom. The van der Waals surface area contributed by atoms with Crippen molar-refractivity contribution in [1.29, 1.82) is 0 Å². The van der Waals surface area contributed by atoms with Gasteiger partial charge >= 0.3 is 0 Å². The molecule has 164 valence electrons. The molecule has 0 bridgehead atoms. The molecule has 33 heavy (non-hydrogen) atoms. The molecular weight excluding hydrogens is 404 g/mol. The Morgan fingerprint density at radius 3 is 2.06 bits per heavy atom. The van der Waals surface area contributed by atoms with Crippen LogP contribution in [0.1, 0.15) is 40.2 Å². The van der Waals surface area contributed by atoms with Gasteiger partial charge < -0.3 is 11.1 Å². The van der Waals surface area contributed by atoms with Crippen LogP contribution in [0.3, 0.4) is 0 Å². The summed E-state index contributed by atoms with van der Waals surface area (Å²) >= 11 is 0. The summed E-state index contributed by atoms with van der Waals surface area (Å²) in [6.07, 6.45) is 3.00. The van der Waals surface area contributed by atoms with Gasteiger partial charge in [0, 0.05) is 22.7 Å². The summed E-state index contributed by atoms with van der Waals surface area (Å²) < 4.78 is 0. The molecule has 0 unspecified atom stereocenters. The molecule has 3 nitrogen and oxygen atoms in total. The van der Waals surface area contributed by atoms with Crippen molar-refractivity contribution in [2.75, 3.05) is 5.32 Å². The zero-order valence-corrected chi connectivity index (χ0v) is 18.6. The van der Waals surface area contributed by atoms with E-state index in [0.717, 1.165) is 36.1 Å². The van der Waals surface area contributed by atoms with E-state index < -0.39 is 0 Å². The molecule has 2 atom stereocenters. The molecule has 1 aliphatic rings. The highest BCUT2D eigenvalue weighted by molar-refractivity contribution is 6.04. The second-order valence-corrected chi connectivity index (χ2v) is 8.99. The lowest BCUT2D eigenvalue weighted by molar-refractivity contribution is 0.102. The van der Waals surface area contributed by atoms with Gasteiger partial charge in [-0.1, -0.05) is 84.9 Å². The van der Waals surface area contributed by atoms with Gasteiger partial charge in [0.1, 0.15) is 0 Å². The lowest BCUT2D eigenvalue weighted by atomic mass is 9.99. The van der Waals surface area contributed by atoms with Gasteiger partial charge in [-0.3, -0.25) is 4.79 Å². The number of carbonyl (C=O) groups excluding carboxylic acids is 1. The number of carbonyl (C=O) groups is 1. The van der Waals surface area contributed by atoms with Gasteiger partial charge in [0.2, 0.25) is 0 Å². The standard InChI is InChI=1S/C30H28N2O/c31-30(20-19-22-7-3-1-4-8-22)21-28(30)25-15-17-27(18-16-25)32-29(33)26-13-11-24(12-14-26)23-9-5-2-6-10-23/h1-18,28H,19-21,31H2,(H,32,33)/t28-,30+/m0/s1. The zero-order valence-electron chi connectivity index (χ0n) is 18.6. The van der Waals surface area contributed by atoms with Crippen molar-refractivity contribution >= 4 is 11.6 Å². The van der Waals surface area contributed by atoms with E-state index in [1.807, 2.05) is 60.7 Å². The first-order chi connectivity index (χ1) is 16.1. The molecule has 1 saturated carbocycles. The third kappa shape index (κ3) is 4.89. The average molecular weight is 433 g/mol. The summed E-state index contributed by atoms with van der Waals surface area (Å²) in [5.74, 6) is 0.279. The van der Waals surface area contributed by atoms with Crippen molar-refractivity contribution in [3.8, 4) is 11.1 Å². The van der Waals surface area contributed by atoms with Crippen LogP contribution in [-0.2, 0) is 6.42 Å². The third-order valence-electron chi connectivity index (χ3n) is 6.67. The van der Waals surface area contributed by atoms with Crippen molar-refractivity contribution in [1.82, 2.24) is 0 Å². The number of anilines is 1. The van der Waals surface area contributed by atoms with Crippen molar-refractivity contribution in [2.24, 2.45) is 5.73 Å². The fourth-order valence-corrected chi connectivity index (χ4v) is 4.52. The number of benzene rings is 4. The monoisotopic (exact) mass is 432 g/mol. The number of nitrogens with two attached hydrogens (primary N) is 1. The first-order valence-electron chi connectivity index (χ1n) is 11.5. The van der Waals surface area contributed by atoms with E-state index in [4.69, 9.17) is 5.73 Å². The predicted octanol–water partition coefficient (Wildman–Crippen LogP) is 6.42. The molecule has 4 aromatic rings. The molecule has 5 rings (SSSR count). The minimum absolute atomic E-state index is 0.107. The smallest absolute Gasteiger partial charge is 0.255 e. The van der Waals surface area contributed by atoms with E-state index in [9.17, 15) is 4.79 Å². The molecule has 4 aromatic carbocycles. The van der Waals surface area contributed by atoms with Gasteiger partial charge in [-0.15, -0.1) is 0 Å². The molecule has 1 fully saturated rings. The number of hydrogen-bond acceptors (Lipinski definition) is 2. The molecule has 0 aliphatic heterocycles. The lowest BCUT2D eigenvalue weighted by Crippen LogP contribution is -2.25. The number of hydrogen-bond donors (Lipinski definition) is 2. The Balaban J connectivity index is 1.18. The predicted molar refractivity (Wildman–Crippen MR) is 135 cm³/mol. The van der Waals surface area contributed by atoms with Gasteiger partial charge in [-0.2, -0.15) is 0 Å². The Hall–Kier alpha value is -3.69. The van der Waals surface area contributed by atoms with E-state index >= 15 is 0 Å². The molecule has 0 spiro atoms. The number of rotatable bonds is 7. The molecule has 0 heterocycles. The minimum Gasteiger partial charge on any atom is -0.325 e. The maximum atomic E-state index is 12.7. The maximum Gasteiger partial charge on any atom is 0.255 e. The van der Waals surface area contributed by atoms with E-state index in [2.05, 4.69) is 53.8 Å². The van der Waals surface area contributed by atoms with Crippen LogP contribution in [0.15, 0.2) is 109 Å². The summed E-state index contributed by atoms with van der Waals surface area (Å²) in [7, 11) is 0. The van der Waals surface area contributed by atoms with Crippen LogP contribution in [0.4, 0.5) is 5.69 Å². The molecule has 3 heteroatoms. The average Bonchev–Trinajstić information content (AvgIpc) is 3.56. The molecular formula is C30H28N2O. The van der Waals surface area contributed by atoms with Gasteiger partial charge in [-0.05, 0) is 65.8 Å². The van der Waals surface area contributed by atoms with Gasteiger partial charge in [0.05, 0.1) is 0 Å². The largest absolute Gasteiger partial charge is 0.325 e. The molecule has 1 aliphatic carbocycles. The van der Waals surface area contributed by atoms with Crippen molar-refractivity contribution in [3.05, 3.63) is 126 Å². The van der Waals surface area contributed by atoms with Crippen molar-refractivity contribution in [3.63, 3.8) is 0 Å². The van der Waals surface area contributed by atoms with Crippen LogP contribution in [0.25, 0.3) is 11.1 Å². The minimum atomic E-state index is -0.124. The molecule has 3 N–H and O–H groups in total. The SMILES string of the molecule is N[C@]1(CCc2ccccc2)C[C@H]1c1ccc(NC(=O)c2ccc(-c3ccccc3)cc2)cc1. The topological polar surface area (TPSA) is 55.1 Å². The number of amides is 1. The summed E-state index contributed by atoms with van der Waals surface area (Å²) in [4.78, 5) is 12.7. The number of nitrogens with one attached hydrogen (secondary N) is 1. The van der Waals surface area contributed by atoms with Gasteiger partial charge in [0.15, 0.2) is 0 Å². The van der Waals surface area contributed by atoms with Crippen LogP contribution in [-0.4, -0.2) is 11.4 Å². The van der Waals surface area contributed by atoms with E-state index in [1.54, 1.807) is 0 Å². The highest BCUT2D eigenvalue weighted by atomic mass is 16.1. The Morgan fingerprint density at radius 1 is 0.788 bits per heavy atom. The highest BCUT2D eigenvalue weighted by Gasteiger charge is 2.50. The third-order valence-corrected chi connectivity index (χ3v) is 6.67. The summed E-state index contributed by atoms with van der Waals surface area (Å²) in [5, 5.41) is 3.00. The first-order valence-corrected chi connectivity index (χ1v) is 11.5. The summed E-state index contributed by atoms with van der Waals surface area (Å²) in [6, 6.07) is 36.5. The normalized spacial score (nSPS) is 19.1. The highest BCUT2D eigenvalue weighted by Crippen LogP contribution is 2.52. The second-order valence-electron chi connectivity index (χ2n) is 8.99. The van der Waals surface area contributed by atoms with Gasteiger partial charge in [0.25, 0.3) is 5.91 Å². The molecule has 0 aromatic heterocycles.